The Balaban J connectivity index is 2.06. The van der Waals surface area contributed by atoms with Crippen LogP contribution in [-0.2, 0) is 5.41 Å². The molecule has 9 heteroatoms. The lowest BCUT2D eigenvalue weighted by Gasteiger charge is -2.14. The van der Waals surface area contributed by atoms with Crippen LogP contribution in [0.5, 0.6) is 5.75 Å². The second-order valence-electron chi connectivity index (χ2n) is 6.12. The number of hydrogen-bond donors (Lipinski definition) is 3. The topological polar surface area (TPSA) is 134 Å². The highest BCUT2D eigenvalue weighted by atomic mass is 16.6. The summed E-state index contributed by atoms with van der Waals surface area (Å²) in [6.45, 7) is 5.95. The number of nitrogens with one attached hydrogen (secondary N) is 2. The first kappa shape index (κ1) is 17.1. The van der Waals surface area contributed by atoms with Crippen molar-refractivity contribution in [2.75, 3.05) is 0 Å². The fraction of sp³-hybridized carbons (Fsp3) is 0.267. The molecule has 0 aliphatic rings. The number of nitro benzene ring substituents is 1. The monoisotopic (exact) mass is 331 g/mol. The SMILES string of the molecule is CC(C)(C)c1cc(C(=O)N/N=C/c2ccc(O)c([N+](=O)[O-])c2)n[nH]1. The Morgan fingerprint density at radius 1 is 1.42 bits per heavy atom. The molecule has 0 aliphatic heterocycles. The molecule has 0 saturated heterocycles. The summed E-state index contributed by atoms with van der Waals surface area (Å²) < 4.78 is 0. The van der Waals surface area contributed by atoms with E-state index in [1.54, 1.807) is 6.07 Å². The smallest absolute Gasteiger partial charge is 0.311 e. The molecule has 0 saturated carbocycles. The molecule has 2 aromatic rings. The van der Waals surface area contributed by atoms with Gasteiger partial charge in [-0.05, 0) is 18.2 Å². The Morgan fingerprint density at radius 3 is 2.71 bits per heavy atom. The second-order valence-corrected chi connectivity index (χ2v) is 6.12. The summed E-state index contributed by atoms with van der Waals surface area (Å²) in [5.41, 5.74) is 3.04. The van der Waals surface area contributed by atoms with Gasteiger partial charge in [0.05, 0.1) is 11.1 Å². The van der Waals surface area contributed by atoms with Crippen LogP contribution in [0.3, 0.4) is 0 Å². The van der Waals surface area contributed by atoms with E-state index < -0.39 is 22.3 Å². The van der Waals surface area contributed by atoms with Crippen LogP contribution in [0.1, 0.15) is 42.5 Å². The molecular weight excluding hydrogens is 314 g/mol. The number of benzene rings is 1. The number of aromatic nitrogens is 2. The van der Waals surface area contributed by atoms with Crippen molar-refractivity contribution in [1.82, 2.24) is 15.6 Å². The molecule has 126 valence electrons. The standard InChI is InChI=1S/C15H17N5O4/c1-15(2,3)13-7-10(17-18-13)14(22)19-16-8-9-4-5-12(21)11(6-9)20(23)24/h4-8,21H,1-3H3,(H,17,18)(H,19,22)/b16-8+. The molecule has 1 aromatic heterocycles. The number of nitrogens with zero attached hydrogens (tertiary/aromatic N) is 3. The lowest BCUT2D eigenvalue weighted by molar-refractivity contribution is -0.385. The largest absolute Gasteiger partial charge is 0.502 e. The molecule has 9 nitrogen and oxygen atoms in total. The summed E-state index contributed by atoms with van der Waals surface area (Å²) >= 11 is 0. The van der Waals surface area contributed by atoms with Crippen LogP contribution >= 0.6 is 0 Å². The number of H-pyrrole nitrogens is 1. The predicted molar refractivity (Wildman–Crippen MR) is 87.1 cm³/mol. The van der Waals surface area contributed by atoms with E-state index in [-0.39, 0.29) is 11.1 Å². The van der Waals surface area contributed by atoms with Crippen LogP contribution in [0.2, 0.25) is 0 Å². The average Bonchev–Trinajstić information content (AvgIpc) is 2.98. The summed E-state index contributed by atoms with van der Waals surface area (Å²) in [5.74, 6) is -0.946. The first-order chi connectivity index (χ1) is 11.2. The quantitative estimate of drug-likeness (QED) is 0.448. The first-order valence-corrected chi connectivity index (χ1v) is 7.05. The highest BCUT2D eigenvalue weighted by molar-refractivity contribution is 5.93. The Bertz CT molecular complexity index is 804. The van der Waals surface area contributed by atoms with Gasteiger partial charge >= 0.3 is 5.69 Å². The van der Waals surface area contributed by atoms with Gasteiger partial charge in [-0.2, -0.15) is 10.2 Å². The van der Waals surface area contributed by atoms with Crippen molar-refractivity contribution >= 4 is 17.8 Å². The van der Waals surface area contributed by atoms with Crippen molar-refractivity contribution < 1.29 is 14.8 Å². The normalized spacial score (nSPS) is 11.6. The maximum absolute atomic E-state index is 11.9. The number of amides is 1. The fourth-order valence-corrected chi connectivity index (χ4v) is 1.81. The molecule has 1 heterocycles. The van der Waals surface area contributed by atoms with E-state index in [0.717, 1.165) is 11.8 Å². The zero-order chi connectivity index (χ0) is 17.9. The highest BCUT2D eigenvalue weighted by Crippen LogP contribution is 2.25. The van der Waals surface area contributed by atoms with E-state index in [9.17, 15) is 20.0 Å². The van der Waals surface area contributed by atoms with Gasteiger partial charge in [-0.3, -0.25) is 20.0 Å². The zero-order valence-electron chi connectivity index (χ0n) is 13.4. The summed E-state index contributed by atoms with van der Waals surface area (Å²) in [4.78, 5) is 22.0. The Kier molecular flexibility index (Phi) is 4.63. The molecule has 1 amide bonds. The fourth-order valence-electron chi connectivity index (χ4n) is 1.81. The van der Waals surface area contributed by atoms with Crippen molar-refractivity contribution in [2.45, 2.75) is 26.2 Å². The van der Waals surface area contributed by atoms with E-state index in [1.807, 2.05) is 20.8 Å². The predicted octanol–water partition coefficient (Wildman–Crippen LogP) is 2.08. The molecule has 0 atom stereocenters. The van der Waals surface area contributed by atoms with Crippen LogP contribution in [0, 0.1) is 10.1 Å². The number of hydrazone groups is 1. The molecule has 0 radical (unpaired) electrons. The lowest BCUT2D eigenvalue weighted by atomic mass is 9.92. The van der Waals surface area contributed by atoms with Crippen LogP contribution < -0.4 is 5.43 Å². The summed E-state index contributed by atoms with van der Waals surface area (Å²) in [6.07, 6.45) is 1.24. The molecule has 1 aromatic carbocycles. The number of aromatic hydroxyl groups is 1. The van der Waals surface area contributed by atoms with Gasteiger partial charge in [0.15, 0.2) is 11.4 Å². The van der Waals surface area contributed by atoms with E-state index in [0.29, 0.717) is 5.56 Å². The number of nitro groups is 1. The van der Waals surface area contributed by atoms with Crippen LogP contribution in [0.4, 0.5) is 5.69 Å². The number of rotatable bonds is 4. The zero-order valence-corrected chi connectivity index (χ0v) is 13.4. The van der Waals surface area contributed by atoms with Crippen molar-refractivity contribution in [3.8, 4) is 5.75 Å². The number of carbonyl (C=O) groups is 1. The number of aromatic amines is 1. The average molecular weight is 331 g/mol. The van der Waals surface area contributed by atoms with Crippen LogP contribution in [0.25, 0.3) is 0 Å². The Labute approximate surface area is 137 Å². The van der Waals surface area contributed by atoms with Gasteiger partial charge in [0, 0.05) is 22.7 Å². The van der Waals surface area contributed by atoms with Crippen LogP contribution in [0.15, 0.2) is 29.4 Å². The van der Waals surface area contributed by atoms with Gasteiger partial charge in [0.25, 0.3) is 5.91 Å². The van der Waals surface area contributed by atoms with Gasteiger partial charge in [-0.15, -0.1) is 0 Å². The maximum Gasteiger partial charge on any atom is 0.311 e. The maximum atomic E-state index is 11.9. The molecule has 0 spiro atoms. The second kappa shape index (κ2) is 6.49. The molecule has 24 heavy (non-hydrogen) atoms. The number of hydrogen-bond acceptors (Lipinski definition) is 6. The van der Waals surface area contributed by atoms with Crippen molar-refractivity contribution in [1.29, 1.82) is 0 Å². The van der Waals surface area contributed by atoms with E-state index in [2.05, 4.69) is 20.7 Å². The molecular formula is C15H17N5O4. The Hall–Kier alpha value is -3.23. The van der Waals surface area contributed by atoms with Crippen molar-refractivity contribution in [3.05, 3.63) is 51.3 Å². The number of phenols is 1. The third-order valence-corrected chi connectivity index (χ3v) is 3.19. The number of carbonyl (C=O) groups excluding carboxylic acids is 1. The molecule has 0 bridgehead atoms. The van der Waals surface area contributed by atoms with E-state index in [1.165, 1.54) is 18.3 Å². The first-order valence-electron chi connectivity index (χ1n) is 7.05. The summed E-state index contributed by atoms with van der Waals surface area (Å²) in [6, 6.07) is 5.41. The lowest BCUT2D eigenvalue weighted by Crippen LogP contribution is -2.18. The molecule has 0 unspecified atom stereocenters. The van der Waals surface area contributed by atoms with Gasteiger partial charge in [-0.25, -0.2) is 5.43 Å². The van der Waals surface area contributed by atoms with Gasteiger partial charge < -0.3 is 5.11 Å². The third-order valence-electron chi connectivity index (χ3n) is 3.19. The van der Waals surface area contributed by atoms with Gasteiger partial charge in [-0.1, -0.05) is 20.8 Å². The van der Waals surface area contributed by atoms with Gasteiger partial charge in [0.1, 0.15) is 0 Å². The molecule has 0 fully saturated rings. The highest BCUT2D eigenvalue weighted by Gasteiger charge is 2.19. The number of phenolic OH excluding ortho intramolecular Hbond substituents is 1. The van der Waals surface area contributed by atoms with Crippen molar-refractivity contribution in [3.63, 3.8) is 0 Å². The van der Waals surface area contributed by atoms with E-state index in [4.69, 9.17) is 0 Å². The van der Waals surface area contributed by atoms with Crippen LogP contribution in [-0.4, -0.2) is 32.3 Å². The molecule has 0 aliphatic carbocycles. The molecule has 2 rings (SSSR count). The summed E-state index contributed by atoms with van der Waals surface area (Å²) in [5, 5.41) is 30.6. The summed E-state index contributed by atoms with van der Waals surface area (Å²) in [7, 11) is 0. The Morgan fingerprint density at radius 2 is 2.12 bits per heavy atom. The third kappa shape index (κ3) is 3.94. The van der Waals surface area contributed by atoms with E-state index >= 15 is 0 Å². The minimum Gasteiger partial charge on any atom is -0.502 e. The minimum atomic E-state index is -0.705. The van der Waals surface area contributed by atoms with Gasteiger partial charge in [0.2, 0.25) is 0 Å². The molecule has 3 N–H and O–H groups in total. The van der Waals surface area contributed by atoms with Crippen molar-refractivity contribution in [2.24, 2.45) is 5.10 Å². The minimum absolute atomic E-state index is 0.167.